The predicted octanol–water partition coefficient (Wildman–Crippen LogP) is 4.20. The van der Waals surface area contributed by atoms with Crippen LogP contribution in [0.5, 0.6) is 0 Å². The van der Waals surface area contributed by atoms with E-state index < -0.39 is 0 Å². The first-order valence-electron chi connectivity index (χ1n) is 8.95. The van der Waals surface area contributed by atoms with Crippen molar-refractivity contribution in [1.82, 2.24) is 19.7 Å². The molecule has 6 heteroatoms. The van der Waals surface area contributed by atoms with Crippen molar-refractivity contribution in [1.29, 1.82) is 0 Å². The average molecular weight is 359 g/mol. The van der Waals surface area contributed by atoms with Gasteiger partial charge in [0.1, 0.15) is 0 Å². The average Bonchev–Trinajstić information content (AvgIpc) is 2.95. The van der Waals surface area contributed by atoms with E-state index in [2.05, 4.69) is 29.2 Å². The lowest BCUT2D eigenvalue weighted by atomic mass is 10.0. The molecular formula is C21H21N5O. The van der Waals surface area contributed by atoms with Crippen LogP contribution < -0.4 is 5.32 Å². The molecule has 4 aromatic rings. The summed E-state index contributed by atoms with van der Waals surface area (Å²) in [7, 11) is 1.85. The highest BCUT2D eigenvalue weighted by molar-refractivity contribution is 6.14. The second-order valence-corrected chi connectivity index (χ2v) is 6.99. The number of pyridine rings is 2. The molecule has 1 amide bonds. The second-order valence-electron chi connectivity index (χ2n) is 6.99. The monoisotopic (exact) mass is 359 g/mol. The summed E-state index contributed by atoms with van der Waals surface area (Å²) in [5.41, 5.74) is 4.56. The van der Waals surface area contributed by atoms with Gasteiger partial charge in [0.05, 0.1) is 27.8 Å². The molecule has 0 saturated heterocycles. The summed E-state index contributed by atoms with van der Waals surface area (Å²) in [5, 5.41) is 9.20. The fourth-order valence-electron chi connectivity index (χ4n) is 3.34. The Morgan fingerprint density at radius 1 is 1.19 bits per heavy atom. The van der Waals surface area contributed by atoms with Crippen LogP contribution in [0.25, 0.3) is 21.9 Å². The Balaban J connectivity index is 1.85. The molecule has 0 unspecified atom stereocenters. The highest BCUT2D eigenvalue weighted by atomic mass is 16.1. The molecule has 0 aliphatic rings. The Morgan fingerprint density at radius 3 is 2.78 bits per heavy atom. The number of hydrogen-bond donors (Lipinski definition) is 1. The van der Waals surface area contributed by atoms with Gasteiger partial charge in [-0.25, -0.2) is 4.98 Å². The molecule has 136 valence electrons. The van der Waals surface area contributed by atoms with E-state index in [1.54, 1.807) is 10.9 Å². The number of anilines is 1. The number of nitrogens with zero attached hydrogens (tertiary/aromatic N) is 4. The van der Waals surface area contributed by atoms with Crippen molar-refractivity contribution in [2.24, 2.45) is 7.05 Å². The Hall–Kier alpha value is -3.28. The molecule has 3 aromatic heterocycles. The topological polar surface area (TPSA) is 72.7 Å². The van der Waals surface area contributed by atoms with Gasteiger partial charge in [0.2, 0.25) is 0 Å². The van der Waals surface area contributed by atoms with Gasteiger partial charge in [-0.15, -0.1) is 0 Å². The summed E-state index contributed by atoms with van der Waals surface area (Å²) in [6.07, 6.45) is 1.74. The number of carbonyl (C=O) groups is 1. The van der Waals surface area contributed by atoms with E-state index in [1.807, 2.05) is 50.4 Å². The number of carbonyl (C=O) groups excluding carboxylic acids is 1. The minimum atomic E-state index is -0.170. The van der Waals surface area contributed by atoms with Crippen molar-refractivity contribution in [3.63, 3.8) is 0 Å². The first kappa shape index (κ1) is 17.1. The zero-order valence-corrected chi connectivity index (χ0v) is 15.8. The molecule has 0 radical (unpaired) electrons. The van der Waals surface area contributed by atoms with Gasteiger partial charge >= 0.3 is 0 Å². The molecule has 4 rings (SSSR count). The third-order valence-corrected chi connectivity index (χ3v) is 4.72. The van der Waals surface area contributed by atoms with Crippen LogP contribution >= 0.6 is 0 Å². The van der Waals surface area contributed by atoms with Crippen LogP contribution in [0.2, 0.25) is 0 Å². The van der Waals surface area contributed by atoms with Crippen LogP contribution in [0.1, 0.15) is 41.5 Å². The Morgan fingerprint density at radius 2 is 2.00 bits per heavy atom. The van der Waals surface area contributed by atoms with Crippen LogP contribution in [-0.2, 0) is 7.05 Å². The zero-order valence-electron chi connectivity index (χ0n) is 15.8. The van der Waals surface area contributed by atoms with E-state index in [4.69, 9.17) is 4.98 Å². The number of amides is 1. The summed E-state index contributed by atoms with van der Waals surface area (Å²) in [4.78, 5) is 22.3. The smallest absolute Gasteiger partial charge is 0.256 e. The number of hydrogen-bond acceptors (Lipinski definition) is 4. The fourth-order valence-corrected chi connectivity index (χ4v) is 3.34. The molecule has 0 saturated carbocycles. The highest BCUT2D eigenvalue weighted by Crippen LogP contribution is 2.27. The minimum Gasteiger partial charge on any atom is -0.321 e. The van der Waals surface area contributed by atoms with Crippen molar-refractivity contribution in [3.05, 3.63) is 59.5 Å². The largest absolute Gasteiger partial charge is 0.321 e. The summed E-state index contributed by atoms with van der Waals surface area (Å²) in [6.45, 7) is 6.03. The molecule has 3 heterocycles. The van der Waals surface area contributed by atoms with E-state index >= 15 is 0 Å². The quantitative estimate of drug-likeness (QED) is 0.595. The third-order valence-electron chi connectivity index (χ3n) is 4.72. The molecule has 1 N–H and O–H groups in total. The lowest BCUT2D eigenvalue weighted by Crippen LogP contribution is -2.14. The maximum Gasteiger partial charge on any atom is 0.256 e. The van der Waals surface area contributed by atoms with E-state index in [9.17, 15) is 4.79 Å². The van der Waals surface area contributed by atoms with Gasteiger partial charge in [0.15, 0.2) is 5.65 Å². The maximum absolute atomic E-state index is 13.2. The van der Waals surface area contributed by atoms with Gasteiger partial charge in [-0.1, -0.05) is 19.9 Å². The number of nitrogens with one attached hydrogen (secondary N) is 1. The summed E-state index contributed by atoms with van der Waals surface area (Å²) < 4.78 is 1.73. The van der Waals surface area contributed by atoms with Gasteiger partial charge in [0.25, 0.3) is 5.91 Å². The molecule has 0 atom stereocenters. The zero-order chi connectivity index (χ0) is 19.1. The lowest BCUT2D eigenvalue weighted by molar-refractivity contribution is 0.102. The van der Waals surface area contributed by atoms with E-state index in [0.717, 1.165) is 39.0 Å². The molecule has 1 aromatic carbocycles. The van der Waals surface area contributed by atoms with Gasteiger partial charge in [-0.05, 0) is 43.2 Å². The van der Waals surface area contributed by atoms with Crippen LogP contribution in [0.4, 0.5) is 5.69 Å². The Bertz CT molecular complexity index is 1170. The van der Waals surface area contributed by atoms with Gasteiger partial charge in [-0.2, -0.15) is 5.10 Å². The summed E-state index contributed by atoms with van der Waals surface area (Å²) in [6, 6.07) is 11.4. The molecular weight excluding hydrogens is 338 g/mol. The number of benzene rings is 1. The SMILES string of the molecule is Cc1nn(C)c2nc(C(C)C)cc(C(=O)Nc3cccc4ncccc34)c12. The first-order chi connectivity index (χ1) is 13.0. The van der Waals surface area contributed by atoms with E-state index in [1.165, 1.54) is 0 Å². The summed E-state index contributed by atoms with van der Waals surface area (Å²) >= 11 is 0. The Labute approximate surface area is 157 Å². The number of fused-ring (bicyclic) bond motifs is 2. The minimum absolute atomic E-state index is 0.170. The molecule has 0 aliphatic heterocycles. The first-order valence-corrected chi connectivity index (χ1v) is 8.95. The molecule has 0 spiro atoms. The molecule has 6 nitrogen and oxygen atoms in total. The highest BCUT2D eigenvalue weighted by Gasteiger charge is 2.20. The normalized spacial score (nSPS) is 11.4. The second kappa shape index (κ2) is 6.46. The number of aryl methyl sites for hydroxylation is 2. The predicted molar refractivity (Wildman–Crippen MR) is 107 cm³/mol. The van der Waals surface area contributed by atoms with Crippen molar-refractivity contribution >= 4 is 33.5 Å². The van der Waals surface area contributed by atoms with Gasteiger partial charge < -0.3 is 5.32 Å². The fraction of sp³-hybridized carbons (Fsp3) is 0.238. The van der Waals surface area contributed by atoms with Gasteiger partial charge in [0, 0.05) is 24.3 Å². The molecule has 27 heavy (non-hydrogen) atoms. The standard InChI is InChI=1S/C21H21N5O/c1-12(2)18-11-15(19-13(3)25-26(4)20(19)23-18)21(27)24-17-9-5-8-16-14(17)7-6-10-22-16/h5-12H,1-4H3,(H,24,27). The van der Waals surface area contributed by atoms with Gasteiger partial charge in [-0.3, -0.25) is 14.5 Å². The lowest BCUT2D eigenvalue weighted by Gasteiger charge is -2.12. The molecule has 0 bridgehead atoms. The third kappa shape index (κ3) is 2.93. The van der Waals surface area contributed by atoms with Crippen LogP contribution in [-0.4, -0.2) is 25.7 Å². The van der Waals surface area contributed by atoms with Crippen molar-refractivity contribution in [3.8, 4) is 0 Å². The van der Waals surface area contributed by atoms with Crippen molar-refractivity contribution in [2.45, 2.75) is 26.7 Å². The number of aromatic nitrogens is 4. The van der Waals surface area contributed by atoms with Crippen molar-refractivity contribution < 1.29 is 4.79 Å². The van der Waals surface area contributed by atoms with Crippen molar-refractivity contribution in [2.75, 3.05) is 5.32 Å². The van der Waals surface area contributed by atoms with E-state index in [-0.39, 0.29) is 11.8 Å². The van der Waals surface area contributed by atoms with Crippen LogP contribution in [0, 0.1) is 6.92 Å². The van der Waals surface area contributed by atoms with Crippen LogP contribution in [0.15, 0.2) is 42.6 Å². The Kier molecular flexibility index (Phi) is 4.11. The summed E-state index contributed by atoms with van der Waals surface area (Å²) in [5.74, 6) is 0.0367. The maximum atomic E-state index is 13.2. The molecule has 0 fully saturated rings. The number of rotatable bonds is 3. The molecule has 0 aliphatic carbocycles. The van der Waals surface area contributed by atoms with Crippen LogP contribution in [0.3, 0.4) is 0 Å². The van der Waals surface area contributed by atoms with E-state index in [0.29, 0.717) is 5.56 Å².